The third-order valence-corrected chi connectivity index (χ3v) is 4.67. The second-order valence-corrected chi connectivity index (χ2v) is 6.97. The van der Waals surface area contributed by atoms with Crippen LogP contribution in [0.15, 0.2) is 24.3 Å². The predicted octanol–water partition coefficient (Wildman–Crippen LogP) is 5.29. The molecule has 0 saturated carbocycles. The summed E-state index contributed by atoms with van der Waals surface area (Å²) in [5, 5.41) is 18.1. The standard InChI is InChI=1S/C23H32O4/c1-2-3-4-5-6-7-8-9-10-11-12-15-19-16-13-14-17-20(19)18-21(22(24)25)23(26)27/h13-14,16-17,21H,2-11,18H2,1H3,(H,24,25)(H,26,27). The van der Waals surface area contributed by atoms with Gasteiger partial charge in [-0.05, 0) is 24.5 Å². The first-order chi connectivity index (χ1) is 13.1. The fourth-order valence-electron chi connectivity index (χ4n) is 3.00. The van der Waals surface area contributed by atoms with E-state index in [2.05, 4.69) is 18.8 Å². The van der Waals surface area contributed by atoms with Crippen molar-refractivity contribution in [3.63, 3.8) is 0 Å². The van der Waals surface area contributed by atoms with Crippen molar-refractivity contribution >= 4 is 11.9 Å². The van der Waals surface area contributed by atoms with Crippen LogP contribution in [0.3, 0.4) is 0 Å². The Morgan fingerprint density at radius 2 is 1.44 bits per heavy atom. The van der Waals surface area contributed by atoms with Crippen molar-refractivity contribution in [2.75, 3.05) is 0 Å². The zero-order chi connectivity index (χ0) is 19.9. The summed E-state index contributed by atoms with van der Waals surface area (Å²) in [5.41, 5.74) is 1.40. The van der Waals surface area contributed by atoms with Crippen LogP contribution >= 0.6 is 0 Å². The molecule has 0 aliphatic carbocycles. The minimum absolute atomic E-state index is 0.0481. The molecule has 148 valence electrons. The number of rotatable bonds is 13. The molecule has 0 aliphatic heterocycles. The van der Waals surface area contributed by atoms with E-state index in [0.29, 0.717) is 5.56 Å². The largest absolute Gasteiger partial charge is 0.481 e. The molecule has 0 bridgehead atoms. The Kier molecular flexibility index (Phi) is 11.7. The van der Waals surface area contributed by atoms with Gasteiger partial charge in [-0.1, -0.05) is 88.3 Å². The number of unbranched alkanes of at least 4 members (excludes halogenated alkanes) is 9. The number of carboxylic acids is 2. The molecule has 1 aromatic carbocycles. The second-order valence-electron chi connectivity index (χ2n) is 6.97. The third kappa shape index (κ3) is 9.84. The van der Waals surface area contributed by atoms with E-state index in [1.54, 1.807) is 12.1 Å². The Hall–Kier alpha value is -2.28. The summed E-state index contributed by atoms with van der Waals surface area (Å²) in [5.74, 6) is 2.16. The fourth-order valence-corrected chi connectivity index (χ4v) is 3.00. The van der Waals surface area contributed by atoms with Crippen LogP contribution in [-0.2, 0) is 16.0 Å². The van der Waals surface area contributed by atoms with Gasteiger partial charge in [-0.25, -0.2) is 0 Å². The summed E-state index contributed by atoms with van der Waals surface area (Å²) in [6.07, 6.45) is 12.2. The summed E-state index contributed by atoms with van der Waals surface area (Å²) in [7, 11) is 0. The zero-order valence-electron chi connectivity index (χ0n) is 16.4. The van der Waals surface area contributed by atoms with Crippen molar-refractivity contribution in [2.24, 2.45) is 5.92 Å². The normalized spacial score (nSPS) is 10.4. The van der Waals surface area contributed by atoms with E-state index in [1.807, 2.05) is 12.1 Å². The lowest BCUT2D eigenvalue weighted by atomic mass is 9.95. The minimum atomic E-state index is -1.44. The molecule has 2 N–H and O–H groups in total. The topological polar surface area (TPSA) is 74.6 Å². The molecule has 0 amide bonds. The van der Waals surface area contributed by atoms with Gasteiger partial charge in [-0.2, -0.15) is 0 Å². The molecule has 4 heteroatoms. The maximum Gasteiger partial charge on any atom is 0.318 e. The predicted molar refractivity (Wildman–Crippen MR) is 108 cm³/mol. The van der Waals surface area contributed by atoms with Gasteiger partial charge in [0.25, 0.3) is 0 Å². The van der Waals surface area contributed by atoms with Gasteiger partial charge in [0.2, 0.25) is 0 Å². The lowest BCUT2D eigenvalue weighted by Gasteiger charge is -2.09. The van der Waals surface area contributed by atoms with Crippen molar-refractivity contribution in [1.29, 1.82) is 0 Å². The van der Waals surface area contributed by atoms with Crippen molar-refractivity contribution in [1.82, 2.24) is 0 Å². The third-order valence-electron chi connectivity index (χ3n) is 4.67. The quantitative estimate of drug-likeness (QED) is 0.280. The highest BCUT2D eigenvalue weighted by atomic mass is 16.4. The number of carbonyl (C=O) groups is 2. The van der Waals surface area contributed by atoms with E-state index in [9.17, 15) is 9.59 Å². The Morgan fingerprint density at radius 1 is 0.889 bits per heavy atom. The van der Waals surface area contributed by atoms with Gasteiger partial charge in [-0.3, -0.25) is 9.59 Å². The van der Waals surface area contributed by atoms with Gasteiger partial charge < -0.3 is 10.2 Å². The highest BCUT2D eigenvalue weighted by Crippen LogP contribution is 2.15. The van der Waals surface area contributed by atoms with E-state index in [4.69, 9.17) is 10.2 Å². The van der Waals surface area contributed by atoms with Crippen molar-refractivity contribution in [2.45, 2.75) is 77.6 Å². The van der Waals surface area contributed by atoms with Crippen molar-refractivity contribution in [3.05, 3.63) is 35.4 Å². The highest BCUT2D eigenvalue weighted by Gasteiger charge is 2.26. The number of hydrogen-bond acceptors (Lipinski definition) is 2. The Morgan fingerprint density at radius 3 is 2.04 bits per heavy atom. The average molecular weight is 373 g/mol. The molecular weight excluding hydrogens is 340 g/mol. The van der Waals surface area contributed by atoms with Crippen LogP contribution in [0.2, 0.25) is 0 Å². The van der Waals surface area contributed by atoms with E-state index in [0.717, 1.165) is 18.4 Å². The lowest BCUT2D eigenvalue weighted by Crippen LogP contribution is -2.25. The lowest BCUT2D eigenvalue weighted by molar-refractivity contribution is -0.154. The molecule has 0 radical (unpaired) electrons. The van der Waals surface area contributed by atoms with Crippen LogP contribution in [0.25, 0.3) is 0 Å². The number of benzene rings is 1. The smallest absolute Gasteiger partial charge is 0.318 e. The Bertz CT molecular complexity index is 625. The van der Waals surface area contributed by atoms with Gasteiger partial charge in [0.05, 0.1) is 0 Å². The molecule has 1 rings (SSSR count). The molecule has 0 spiro atoms. The van der Waals surface area contributed by atoms with Gasteiger partial charge in [0.15, 0.2) is 5.92 Å². The SMILES string of the molecule is CCCCCCCCCCCC#Cc1ccccc1CC(C(=O)O)C(=O)O. The first-order valence-electron chi connectivity index (χ1n) is 10.1. The molecule has 0 atom stereocenters. The number of hydrogen-bond donors (Lipinski definition) is 2. The molecule has 0 aliphatic rings. The van der Waals surface area contributed by atoms with Crippen LogP contribution in [0.4, 0.5) is 0 Å². The molecule has 1 aromatic rings. The molecule has 0 heterocycles. The number of carboxylic acid groups (broad SMARTS) is 2. The monoisotopic (exact) mass is 372 g/mol. The summed E-state index contributed by atoms with van der Waals surface area (Å²) in [6.45, 7) is 2.23. The van der Waals surface area contributed by atoms with Gasteiger partial charge in [0.1, 0.15) is 0 Å². The molecule has 0 saturated heterocycles. The summed E-state index contributed by atoms with van der Waals surface area (Å²) >= 11 is 0. The molecule has 0 unspecified atom stereocenters. The van der Waals surface area contributed by atoms with Crippen LogP contribution in [0.5, 0.6) is 0 Å². The maximum absolute atomic E-state index is 11.1. The summed E-state index contributed by atoms with van der Waals surface area (Å²) < 4.78 is 0. The van der Waals surface area contributed by atoms with Crippen LogP contribution < -0.4 is 0 Å². The minimum Gasteiger partial charge on any atom is -0.481 e. The van der Waals surface area contributed by atoms with Crippen LogP contribution in [0.1, 0.15) is 82.3 Å². The first kappa shape index (κ1) is 22.8. The van der Waals surface area contributed by atoms with Crippen molar-refractivity contribution < 1.29 is 19.8 Å². The molecular formula is C23H32O4. The fraction of sp³-hybridized carbons (Fsp3) is 0.565. The van der Waals surface area contributed by atoms with Gasteiger partial charge in [0, 0.05) is 12.0 Å². The first-order valence-corrected chi connectivity index (χ1v) is 10.1. The zero-order valence-corrected chi connectivity index (χ0v) is 16.4. The maximum atomic E-state index is 11.1. The highest BCUT2D eigenvalue weighted by molar-refractivity contribution is 5.93. The van der Waals surface area contributed by atoms with E-state index < -0.39 is 17.9 Å². The van der Waals surface area contributed by atoms with Crippen molar-refractivity contribution in [3.8, 4) is 11.8 Å². The Balaban J connectivity index is 2.39. The van der Waals surface area contributed by atoms with E-state index in [-0.39, 0.29) is 6.42 Å². The second kappa shape index (κ2) is 13.9. The van der Waals surface area contributed by atoms with Gasteiger partial charge >= 0.3 is 11.9 Å². The Labute approximate surface area is 163 Å². The van der Waals surface area contributed by atoms with Crippen LogP contribution in [0, 0.1) is 17.8 Å². The van der Waals surface area contributed by atoms with E-state index >= 15 is 0 Å². The number of aliphatic carboxylic acids is 2. The van der Waals surface area contributed by atoms with Gasteiger partial charge in [-0.15, -0.1) is 0 Å². The summed E-state index contributed by atoms with van der Waals surface area (Å²) in [6, 6.07) is 7.19. The average Bonchev–Trinajstić information content (AvgIpc) is 2.64. The van der Waals surface area contributed by atoms with E-state index in [1.165, 1.54) is 51.4 Å². The molecule has 27 heavy (non-hydrogen) atoms. The molecule has 4 nitrogen and oxygen atoms in total. The summed E-state index contributed by atoms with van der Waals surface area (Å²) in [4.78, 5) is 22.2. The molecule has 0 aromatic heterocycles. The molecule has 0 fully saturated rings. The van der Waals surface area contributed by atoms with Crippen LogP contribution in [-0.4, -0.2) is 22.2 Å².